The summed E-state index contributed by atoms with van der Waals surface area (Å²) in [6, 6.07) is -0.310. The fourth-order valence-electron chi connectivity index (χ4n) is 1.53. The third-order valence-corrected chi connectivity index (χ3v) is 5.40. The minimum Gasteiger partial charge on any atom is -0.320 e. The number of nitrogens with zero attached hydrogens (tertiary/aromatic N) is 2. The Morgan fingerprint density at radius 2 is 2.21 bits per heavy atom. The SMILES string of the molecule is CNCCCN(C)S(=O)(=O)NC(C)c1ncc(C)s1. The van der Waals surface area contributed by atoms with E-state index in [1.54, 1.807) is 20.2 Å². The lowest BCUT2D eigenvalue weighted by molar-refractivity contribution is 0.441. The monoisotopic (exact) mass is 306 g/mol. The second-order valence-electron chi connectivity index (χ2n) is 4.43. The molecule has 110 valence electrons. The van der Waals surface area contributed by atoms with E-state index in [9.17, 15) is 8.42 Å². The van der Waals surface area contributed by atoms with Gasteiger partial charge in [-0.25, -0.2) is 4.98 Å². The van der Waals surface area contributed by atoms with Crippen molar-refractivity contribution < 1.29 is 8.42 Å². The standard InChI is InChI=1S/C11H22N4O2S2/c1-9-8-13-11(18-9)10(2)14-19(16,17)15(4)7-5-6-12-3/h8,10,12,14H,5-7H2,1-4H3. The van der Waals surface area contributed by atoms with Gasteiger partial charge in [0, 0.05) is 24.7 Å². The molecule has 2 N–H and O–H groups in total. The Morgan fingerprint density at radius 1 is 1.53 bits per heavy atom. The number of thiazole rings is 1. The molecule has 0 aliphatic carbocycles. The van der Waals surface area contributed by atoms with E-state index in [2.05, 4.69) is 15.0 Å². The van der Waals surface area contributed by atoms with Gasteiger partial charge >= 0.3 is 0 Å². The minimum atomic E-state index is -3.46. The zero-order chi connectivity index (χ0) is 14.5. The van der Waals surface area contributed by atoms with E-state index in [1.165, 1.54) is 15.6 Å². The van der Waals surface area contributed by atoms with Gasteiger partial charge in [-0.05, 0) is 33.9 Å². The van der Waals surface area contributed by atoms with Gasteiger partial charge in [-0.2, -0.15) is 17.4 Å². The second kappa shape index (κ2) is 7.30. The molecular weight excluding hydrogens is 284 g/mol. The Bertz CT molecular complexity index is 487. The van der Waals surface area contributed by atoms with E-state index in [-0.39, 0.29) is 6.04 Å². The van der Waals surface area contributed by atoms with Gasteiger partial charge in [0.1, 0.15) is 5.01 Å². The first kappa shape index (κ1) is 16.5. The Balaban J connectivity index is 2.58. The highest BCUT2D eigenvalue weighted by molar-refractivity contribution is 7.87. The maximum absolute atomic E-state index is 12.1. The quantitative estimate of drug-likeness (QED) is 0.700. The van der Waals surface area contributed by atoms with Crippen molar-refractivity contribution in [2.24, 2.45) is 0 Å². The smallest absolute Gasteiger partial charge is 0.279 e. The predicted molar refractivity (Wildman–Crippen MR) is 78.5 cm³/mol. The Labute approximate surface area is 119 Å². The van der Waals surface area contributed by atoms with Crippen LogP contribution in [-0.4, -0.2) is 44.9 Å². The minimum absolute atomic E-state index is 0.310. The normalized spacial score (nSPS) is 13.9. The van der Waals surface area contributed by atoms with Gasteiger partial charge < -0.3 is 5.32 Å². The summed E-state index contributed by atoms with van der Waals surface area (Å²) in [5, 5.41) is 3.78. The number of rotatable bonds is 8. The van der Waals surface area contributed by atoms with Crippen LogP contribution >= 0.6 is 11.3 Å². The fraction of sp³-hybridized carbons (Fsp3) is 0.727. The van der Waals surface area contributed by atoms with Crippen LogP contribution in [0.4, 0.5) is 0 Å². The molecule has 0 aliphatic heterocycles. The average Bonchev–Trinajstić information content (AvgIpc) is 2.75. The summed E-state index contributed by atoms with van der Waals surface area (Å²) < 4.78 is 28.1. The van der Waals surface area contributed by atoms with Crippen LogP contribution < -0.4 is 10.0 Å². The van der Waals surface area contributed by atoms with Crippen molar-refractivity contribution in [3.63, 3.8) is 0 Å². The maximum Gasteiger partial charge on any atom is 0.279 e. The fourth-order valence-corrected chi connectivity index (χ4v) is 3.49. The summed E-state index contributed by atoms with van der Waals surface area (Å²) in [5.74, 6) is 0. The number of aromatic nitrogens is 1. The molecule has 0 fully saturated rings. The first-order valence-corrected chi connectivity index (χ1v) is 8.43. The molecule has 0 spiro atoms. The molecule has 8 heteroatoms. The summed E-state index contributed by atoms with van der Waals surface area (Å²) in [7, 11) is -0.0286. The summed E-state index contributed by atoms with van der Waals surface area (Å²) in [6.07, 6.45) is 2.53. The first-order chi connectivity index (χ1) is 8.86. The van der Waals surface area contributed by atoms with Gasteiger partial charge in [0.2, 0.25) is 0 Å². The highest BCUT2D eigenvalue weighted by Crippen LogP contribution is 2.19. The van der Waals surface area contributed by atoms with Crippen LogP contribution in [0.5, 0.6) is 0 Å². The van der Waals surface area contributed by atoms with E-state index < -0.39 is 10.2 Å². The van der Waals surface area contributed by atoms with Crippen molar-refractivity contribution in [2.75, 3.05) is 27.2 Å². The van der Waals surface area contributed by atoms with Crippen molar-refractivity contribution in [1.82, 2.24) is 19.3 Å². The third-order valence-electron chi connectivity index (χ3n) is 2.65. The number of aryl methyl sites for hydroxylation is 1. The Morgan fingerprint density at radius 3 is 2.74 bits per heavy atom. The lowest BCUT2D eigenvalue weighted by atomic mass is 10.4. The Kier molecular flexibility index (Phi) is 6.34. The molecule has 0 radical (unpaired) electrons. The van der Waals surface area contributed by atoms with Crippen molar-refractivity contribution in [2.45, 2.75) is 26.3 Å². The van der Waals surface area contributed by atoms with Crippen LogP contribution in [0.1, 0.15) is 29.3 Å². The lowest BCUT2D eigenvalue weighted by Gasteiger charge is -2.20. The molecule has 6 nitrogen and oxygen atoms in total. The lowest BCUT2D eigenvalue weighted by Crippen LogP contribution is -2.40. The molecule has 0 aliphatic rings. The molecule has 0 saturated carbocycles. The second-order valence-corrected chi connectivity index (χ2v) is 7.51. The number of hydrogen-bond acceptors (Lipinski definition) is 5. The molecule has 0 bridgehead atoms. The van der Waals surface area contributed by atoms with Gasteiger partial charge in [-0.15, -0.1) is 11.3 Å². The van der Waals surface area contributed by atoms with Crippen LogP contribution in [0.3, 0.4) is 0 Å². The molecule has 19 heavy (non-hydrogen) atoms. The molecule has 1 rings (SSSR count). The van der Waals surface area contributed by atoms with Gasteiger partial charge in [-0.3, -0.25) is 0 Å². The van der Waals surface area contributed by atoms with Crippen molar-refractivity contribution in [3.8, 4) is 0 Å². The van der Waals surface area contributed by atoms with Crippen LogP contribution in [0.15, 0.2) is 6.20 Å². The molecule has 1 heterocycles. The van der Waals surface area contributed by atoms with Gasteiger partial charge in [0.25, 0.3) is 10.2 Å². The highest BCUT2D eigenvalue weighted by atomic mass is 32.2. The molecule has 1 atom stereocenters. The van der Waals surface area contributed by atoms with Crippen molar-refractivity contribution >= 4 is 21.5 Å². The topological polar surface area (TPSA) is 74.3 Å². The van der Waals surface area contributed by atoms with E-state index in [0.29, 0.717) is 6.54 Å². The van der Waals surface area contributed by atoms with Crippen LogP contribution in [0.25, 0.3) is 0 Å². The van der Waals surface area contributed by atoms with Gasteiger partial charge in [0.05, 0.1) is 6.04 Å². The Hall–Kier alpha value is -0.540. The molecule has 1 aromatic rings. The van der Waals surface area contributed by atoms with Crippen molar-refractivity contribution in [1.29, 1.82) is 0 Å². The third kappa shape index (κ3) is 5.15. The van der Waals surface area contributed by atoms with Crippen LogP contribution in [0, 0.1) is 6.92 Å². The maximum atomic E-state index is 12.1. The van der Waals surface area contributed by atoms with E-state index >= 15 is 0 Å². The molecule has 1 aromatic heterocycles. The van der Waals surface area contributed by atoms with Crippen LogP contribution in [0.2, 0.25) is 0 Å². The summed E-state index contributed by atoms with van der Waals surface area (Å²) in [5.41, 5.74) is 0. The molecule has 0 aromatic carbocycles. The van der Waals surface area contributed by atoms with Gasteiger partial charge in [0.15, 0.2) is 0 Å². The van der Waals surface area contributed by atoms with E-state index in [0.717, 1.165) is 22.9 Å². The molecule has 0 saturated heterocycles. The van der Waals surface area contributed by atoms with E-state index in [1.807, 2.05) is 14.0 Å². The van der Waals surface area contributed by atoms with Crippen molar-refractivity contribution in [3.05, 3.63) is 16.1 Å². The zero-order valence-corrected chi connectivity index (χ0v) is 13.4. The summed E-state index contributed by atoms with van der Waals surface area (Å²) in [4.78, 5) is 5.27. The average molecular weight is 306 g/mol. The van der Waals surface area contributed by atoms with E-state index in [4.69, 9.17) is 0 Å². The number of nitrogens with one attached hydrogen (secondary N) is 2. The van der Waals surface area contributed by atoms with Crippen LogP contribution in [-0.2, 0) is 10.2 Å². The largest absolute Gasteiger partial charge is 0.320 e. The van der Waals surface area contributed by atoms with Gasteiger partial charge in [-0.1, -0.05) is 0 Å². The number of hydrogen-bond donors (Lipinski definition) is 2. The first-order valence-electron chi connectivity index (χ1n) is 6.17. The molecular formula is C11H22N4O2S2. The zero-order valence-electron chi connectivity index (χ0n) is 11.8. The summed E-state index contributed by atoms with van der Waals surface area (Å²) >= 11 is 1.50. The highest BCUT2D eigenvalue weighted by Gasteiger charge is 2.21. The molecule has 0 amide bonds. The summed E-state index contributed by atoms with van der Waals surface area (Å²) in [6.45, 7) is 5.03. The molecule has 1 unspecified atom stereocenters. The predicted octanol–water partition coefficient (Wildman–Crippen LogP) is 0.888.